The van der Waals surface area contributed by atoms with E-state index >= 15 is 0 Å². The summed E-state index contributed by atoms with van der Waals surface area (Å²) in [5.74, 6) is -0.614. The number of carboxylic acids is 1. The summed E-state index contributed by atoms with van der Waals surface area (Å²) >= 11 is 0.875. The average Bonchev–Trinajstić information content (AvgIpc) is 2.97. The van der Waals surface area contributed by atoms with Crippen molar-refractivity contribution >= 4 is 33.0 Å². The van der Waals surface area contributed by atoms with Crippen molar-refractivity contribution in [2.24, 2.45) is 0 Å². The van der Waals surface area contributed by atoms with Crippen molar-refractivity contribution in [3.05, 3.63) is 40.6 Å². The van der Waals surface area contributed by atoms with E-state index in [4.69, 9.17) is 9.84 Å². The Morgan fingerprint density at radius 1 is 1.33 bits per heavy atom. The van der Waals surface area contributed by atoms with E-state index in [9.17, 15) is 13.2 Å². The topological polar surface area (TPSA) is 83.9 Å². The Morgan fingerprint density at radius 2 is 2.05 bits per heavy atom. The lowest BCUT2D eigenvalue weighted by atomic mass is 10.3. The fourth-order valence-corrected chi connectivity index (χ4v) is 3.96. The SMILES string of the molecule is COc1cccc(N(C)S(=O)(=O)c2csc(C(=O)O)c2)c1. The number of carboxylic acid groups (broad SMARTS) is 1. The van der Waals surface area contributed by atoms with Gasteiger partial charge in [0.1, 0.15) is 10.6 Å². The minimum Gasteiger partial charge on any atom is -0.497 e. The fourth-order valence-electron chi connectivity index (χ4n) is 1.67. The standard InChI is InChI=1S/C13H13NO5S2/c1-14(9-4-3-5-10(6-9)19-2)21(17,18)11-7-12(13(15)16)20-8-11/h3-8H,1-2H3,(H,15,16). The van der Waals surface area contributed by atoms with Gasteiger partial charge in [-0.05, 0) is 18.2 Å². The maximum Gasteiger partial charge on any atom is 0.345 e. The second-order valence-corrected chi connectivity index (χ2v) is 7.01. The lowest BCUT2D eigenvalue weighted by Gasteiger charge is -2.19. The third-order valence-corrected chi connectivity index (χ3v) is 5.69. The predicted molar refractivity (Wildman–Crippen MR) is 79.9 cm³/mol. The lowest BCUT2D eigenvalue weighted by Crippen LogP contribution is -2.26. The zero-order valence-electron chi connectivity index (χ0n) is 11.3. The molecule has 112 valence electrons. The molecule has 0 aliphatic carbocycles. The van der Waals surface area contributed by atoms with Crippen LogP contribution in [0.5, 0.6) is 5.75 Å². The van der Waals surface area contributed by atoms with E-state index in [1.165, 1.54) is 19.5 Å². The summed E-state index contributed by atoms with van der Waals surface area (Å²) < 4.78 is 31.1. The van der Waals surface area contributed by atoms with E-state index in [0.717, 1.165) is 21.7 Å². The van der Waals surface area contributed by atoms with Gasteiger partial charge in [-0.15, -0.1) is 11.3 Å². The van der Waals surface area contributed by atoms with Crippen molar-refractivity contribution < 1.29 is 23.1 Å². The molecule has 1 aromatic carbocycles. The van der Waals surface area contributed by atoms with Crippen LogP contribution in [0.15, 0.2) is 40.6 Å². The van der Waals surface area contributed by atoms with Crippen molar-refractivity contribution in [3.63, 3.8) is 0 Å². The first-order valence-corrected chi connectivity index (χ1v) is 8.13. The van der Waals surface area contributed by atoms with E-state index in [0.29, 0.717) is 11.4 Å². The Bertz CT molecular complexity index is 766. The maximum absolute atomic E-state index is 12.5. The molecule has 0 saturated carbocycles. The molecule has 6 nitrogen and oxygen atoms in total. The van der Waals surface area contributed by atoms with Crippen molar-refractivity contribution in [2.75, 3.05) is 18.5 Å². The number of benzene rings is 1. The number of ether oxygens (including phenoxy) is 1. The van der Waals surface area contributed by atoms with Crippen LogP contribution in [0.2, 0.25) is 0 Å². The first kappa shape index (κ1) is 15.3. The number of sulfonamides is 1. The number of aromatic carboxylic acids is 1. The van der Waals surface area contributed by atoms with Crippen LogP contribution in [-0.4, -0.2) is 33.7 Å². The van der Waals surface area contributed by atoms with Gasteiger partial charge >= 0.3 is 5.97 Å². The zero-order valence-corrected chi connectivity index (χ0v) is 12.9. The number of hydrogen-bond donors (Lipinski definition) is 1. The van der Waals surface area contributed by atoms with E-state index in [2.05, 4.69) is 0 Å². The minimum absolute atomic E-state index is 0.0207. The molecule has 0 spiro atoms. The summed E-state index contributed by atoms with van der Waals surface area (Å²) in [5.41, 5.74) is 0.428. The smallest absolute Gasteiger partial charge is 0.345 e. The number of anilines is 1. The predicted octanol–water partition coefficient (Wildman–Crippen LogP) is 2.28. The zero-order chi connectivity index (χ0) is 15.6. The van der Waals surface area contributed by atoms with Gasteiger partial charge in [-0.1, -0.05) is 6.07 Å². The maximum atomic E-state index is 12.5. The summed E-state index contributed by atoms with van der Waals surface area (Å²) in [6, 6.07) is 7.75. The van der Waals surface area contributed by atoms with Crippen molar-refractivity contribution in [1.29, 1.82) is 0 Å². The fraction of sp³-hybridized carbons (Fsp3) is 0.154. The average molecular weight is 327 g/mol. The lowest BCUT2D eigenvalue weighted by molar-refractivity contribution is 0.0702. The van der Waals surface area contributed by atoms with Crippen LogP contribution < -0.4 is 9.04 Å². The molecular weight excluding hydrogens is 314 g/mol. The van der Waals surface area contributed by atoms with Crippen LogP contribution in [0.3, 0.4) is 0 Å². The molecule has 2 rings (SSSR count). The van der Waals surface area contributed by atoms with Crippen LogP contribution >= 0.6 is 11.3 Å². The summed E-state index contributed by atoms with van der Waals surface area (Å²) in [4.78, 5) is 10.8. The molecule has 0 unspecified atom stereocenters. The third kappa shape index (κ3) is 3.01. The molecule has 0 saturated heterocycles. The molecule has 1 heterocycles. The Morgan fingerprint density at radius 3 is 2.62 bits per heavy atom. The van der Waals surface area contributed by atoms with Gasteiger partial charge < -0.3 is 9.84 Å². The van der Waals surface area contributed by atoms with Crippen molar-refractivity contribution in [1.82, 2.24) is 0 Å². The van der Waals surface area contributed by atoms with Gasteiger partial charge in [-0.3, -0.25) is 4.31 Å². The molecular formula is C13H13NO5S2. The number of hydrogen-bond acceptors (Lipinski definition) is 5. The Kier molecular flexibility index (Phi) is 4.19. The van der Waals surface area contributed by atoms with E-state index in [1.54, 1.807) is 24.3 Å². The molecule has 0 aliphatic rings. The molecule has 1 aromatic heterocycles. The van der Waals surface area contributed by atoms with Crippen LogP contribution in [0.4, 0.5) is 5.69 Å². The number of nitrogens with zero attached hydrogens (tertiary/aromatic N) is 1. The molecule has 0 atom stereocenters. The normalized spacial score (nSPS) is 11.1. The first-order valence-electron chi connectivity index (χ1n) is 5.81. The molecule has 0 bridgehead atoms. The van der Waals surface area contributed by atoms with Gasteiger partial charge in [0.15, 0.2) is 0 Å². The van der Waals surface area contributed by atoms with E-state index in [1.807, 2.05) is 0 Å². The van der Waals surface area contributed by atoms with Crippen LogP contribution in [0.25, 0.3) is 0 Å². The molecule has 21 heavy (non-hydrogen) atoms. The Balaban J connectivity index is 2.39. The van der Waals surface area contributed by atoms with Crippen molar-refractivity contribution in [3.8, 4) is 5.75 Å². The summed E-state index contributed by atoms with van der Waals surface area (Å²) in [5, 5.41) is 10.2. The number of carbonyl (C=O) groups is 1. The molecule has 0 radical (unpaired) electrons. The van der Waals surface area contributed by atoms with Gasteiger partial charge in [0, 0.05) is 18.5 Å². The van der Waals surface area contributed by atoms with E-state index in [-0.39, 0.29) is 9.77 Å². The highest BCUT2D eigenvalue weighted by Gasteiger charge is 2.24. The van der Waals surface area contributed by atoms with Crippen LogP contribution in [0, 0.1) is 0 Å². The molecule has 8 heteroatoms. The largest absolute Gasteiger partial charge is 0.497 e. The van der Waals surface area contributed by atoms with E-state index < -0.39 is 16.0 Å². The monoisotopic (exact) mass is 327 g/mol. The molecule has 2 aromatic rings. The number of thiophene rings is 1. The second-order valence-electron chi connectivity index (χ2n) is 4.13. The van der Waals surface area contributed by atoms with Gasteiger partial charge in [0.25, 0.3) is 10.0 Å². The molecule has 0 amide bonds. The highest BCUT2D eigenvalue weighted by Crippen LogP contribution is 2.27. The van der Waals surface area contributed by atoms with Gasteiger partial charge in [0.05, 0.1) is 17.7 Å². The first-order chi connectivity index (χ1) is 9.86. The molecule has 0 fully saturated rings. The summed E-state index contributed by atoms with van der Waals surface area (Å²) in [6.07, 6.45) is 0. The van der Waals surface area contributed by atoms with Crippen molar-refractivity contribution in [2.45, 2.75) is 4.90 Å². The Labute approximate surface area is 126 Å². The second kappa shape index (κ2) is 5.74. The van der Waals surface area contributed by atoms with Crippen LogP contribution in [-0.2, 0) is 10.0 Å². The van der Waals surface area contributed by atoms with Gasteiger partial charge in [-0.2, -0.15) is 0 Å². The third-order valence-electron chi connectivity index (χ3n) is 2.86. The minimum atomic E-state index is -3.80. The molecule has 1 N–H and O–H groups in total. The van der Waals surface area contributed by atoms with Crippen LogP contribution in [0.1, 0.15) is 9.67 Å². The summed E-state index contributed by atoms with van der Waals surface area (Å²) in [6.45, 7) is 0. The summed E-state index contributed by atoms with van der Waals surface area (Å²) in [7, 11) is -0.908. The van der Waals surface area contributed by atoms with Gasteiger partial charge in [0.2, 0.25) is 0 Å². The molecule has 0 aliphatic heterocycles. The number of rotatable bonds is 5. The highest BCUT2D eigenvalue weighted by atomic mass is 32.2. The van der Waals surface area contributed by atoms with Gasteiger partial charge in [-0.25, -0.2) is 13.2 Å². The Hall–Kier alpha value is -2.06. The highest BCUT2D eigenvalue weighted by molar-refractivity contribution is 7.93. The number of methoxy groups -OCH3 is 1. The quantitative estimate of drug-likeness (QED) is 0.911.